The lowest BCUT2D eigenvalue weighted by molar-refractivity contribution is -0.138. The van der Waals surface area contributed by atoms with Crippen LogP contribution < -0.4 is 5.32 Å². The lowest BCUT2D eigenvalue weighted by Gasteiger charge is -2.27. The summed E-state index contributed by atoms with van der Waals surface area (Å²) in [4.78, 5) is 54.6. The molecule has 2 amide bonds. The molecule has 41 heavy (non-hydrogen) atoms. The smallest absolute Gasteiger partial charge is 0.248 e. The van der Waals surface area contributed by atoms with E-state index in [0.717, 1.165) is 36.0 Å². The van der Waals surface area contributed by atoms with Crippen molar-refractivity contribution in [3.63, 3.8) is 0 Å². The highest BCUT2D eigenvalue weighted by molar-refractivity contribution is 9.10. The predicted molar refractivity (Wildman–Crippen MR) is 155 cm³/mol. The second-order valence-electron chi connectivity index (χ2n) is 11.3. The molecule has 1 aliphatic heterocycles. The molecule has 208 valence electrons. The minimum absolute atomic E-state index is 0.0670. The number of nitrogens with one attached hydrogen (secondary N) is 1. The summed E-state index contributed by atoms with van der Waals surface area (Å²) in [5, 5.41) is 8.24. The van der Waals surface area contributed by atoms with Crippen LogP contribution in [0.25, 0.3) is 22.0 Å². The second-order valence-corrected chi connectivity index (χ2v) is 12.1. The first-order chi connectivity index (χ1) is 19.8. The van der Waals surface area contributed by atoms with Gasteiger partial charge in [0.2, 0.25) is 11.8 Å². The summed E-state index contributed by atoms with van der Waals surface area (Å²) in [6.07, 6.45) is 6.60. The first-order valence-corrected chi connectivity index (χ1v) is 14.6. The Morgan fingerprint density at radius 2 is 1.85 bits per heavy atom. The first kappa shape index (κ1) is 25.9. The fourth-order valence-electron chi connectivity index (χ4n) is 6.02. The number of anilines is 1. The summed E-state index contributed by atoms with van der Waals surface area (Å²) >= 11 is 3.42. The fourth-order valence-corrected chi connectivity index (χ4v) is 6.33. The van der Waals surface area contributed by atoms with E-state index >= 15 is 0 Å². The third kappa shape index (κ3) is 4.81. The molecule has 3 fully saturated rings. The van der Waals surface area contributed by atoms with Crippen molar-refractivity contribution in [1.29, 1.82) is 0 Å². The van der Waals surface area contributed by atoms with Gasteiger partial charge in [0.15, 0.2) is 5.78 Å². The van der Waals surface area contributed by atoms with Crippen molar-refractivity contribution in [2.45, 2.75) is 51.6 Å². The van der Waals surface area contributed by atoms with E-state index in [9.17, 15) is 14.4 Å². The second kappa shape index (κ2) is 9.83. The molecule has 0 bridgehead atoms. The maximum atomic E-state index is 13.7. The largest absolute Gasteiger partial charge is 0.328 e. The summed E-state index contributed by atoms with van der Waals surface area (Å²) in [6, 6.07) is 9.01. The number of piperidine rings is 1. The average Bonchev–Trinajstić information content (AvgIpc) is 3.87. The van der Waals surface area contributed by atoms with Crippen molar-refractivity contribution >= 4 is 50.2 Å². The molecule has 3 atom stereocenters. The van der Waals surface area contributed by atoms with Gasteiger partial charge in [0.05, 0.1) is 5.52 Å². The summed E-state index contributed by atoms with van der Waals surface area (Å²) < 4.78 is 2.23. The Morgan fingerprint density at radius 3 is 2.59 bits per heavy atom. The van der Waals surface area contributed by atoms with Gasteiger partial charge >= 0.3 is 0 Å². The van der Waals surface area contributed by atoms with Crippen LogP contribution >= 0.6 is 15.9 Å². The SMILES string of the molecule is CC(=O)c1nn(CC(=O)N2CC3CC3C2C(=O)Nc2nc(Br)ccc2C2CC2)c2ccc(-c3cnc(C)nc3)cc12. The Balaban J connectivity index is 1.15. The number of pyridine rings is 1. The van der Waals surface area contributed by atoms with E-state index < -0.39 is 6.04 Å². The average molecular weight is 615 g/mol. The van der Waals surface area contributed by atoms with Crippen LogP contribution in [-0.4, -0.2) is 59.8 Å². The van der Waals surface area contributed by atoms with E-state index in [1.807, 2.05) is 37.3 Å². The number of carbonyl (C=O) groups is 3. The number of fused-ring (bicyclic) bond motifs is 2. The number of aromatic nitrogens is 5. The molecule has 0 spiro atoms. The van der Waals surface area contributed by atoms with Crippen LogP contribution in [0.1, 0.15) is 54.0 Å². The van der Waals surface area contributed by atoms with E-state index in [1.165, 1.54) is 6.92 Å². The Hall–Kier alpha value is -3.99. The first-order valence-electron chi connectivity index (χ1n) is 13.8. The number of Topliss-reactive ketones (excluding diaryl/α,β-unsaturated/α-hetero) is 1. The van der Waals surface area contributed by atoms with E-state index in [-0.39, 0.29) is 30.1 Å². The highest BCUT2D eigenvalue weighted by Crippen LogP contribution is 2.50. The molecule has 11 heteroatoms. The number of likely N-dealkylation sites (tertiary alicyclic amines) is 1. The minimum Gasteiger partial charge on any atom is -0.328 e. The molecular weight excluding hydrogens is 586 g/mol. The molecule has 4 aromatic rings. The molecule has 2 saturated carbocycles. The van der Waals surface area contributed by atoms with E-state index in [0.29, 0.717) is 51.2 Å². The fraction of sp³-hybridized carbons (Fsp3) is 0.367. The maximum Gasteiger partial charge on any atom is 0.248 e. The number of amides is 2. The standard InChI is InChI=1S/C30H28BrN7O3/c1-15(39)27-23-9-18(20-11-32-16(2)33-12-20)5-7-24(23)38(36-27)14-26(40)37-13-19-10-22(19)28(37)30(41)35-29-21(17-3-4-17)6-8-25(31)34-29/h5-9,11-12,17,19,22,28H,3-4,10,13-14H2,1-2H3,(H,34,35,41). The zero-order valence-electron chi connectivity index (χ0n) is 22.7. The molecular formula is C30H28BrN7O3. The van der Waals surface area contributed by atoms with Crippen LogP contribution in [0.15, 0.2) is 47.3 Å². The quantitative estimate of drug-likeness (QED) is 0.240. The van der Waals surface area contributed by atoms with Crippen LogP contribution in [0.4, 0.5) is 5.82 Å². The van der Waals surface area contributed by atoms with Crippen molar-refractivity contribution in [2.75, 3.05) is 11.9 Å². The monoisotopic (exact) mass is 613 g/mol. The molecule has 4 heterocycles. The lowest BCUT2D eigenvalue weighted by atomic mass is 10.0. The number of halogens is 1. The molecule has 3 aromatic heterocycles. The van der Waals surface area contributed by atoms with E-state index in [1.54, 1.807) is 22.0 Å². The van der Waals surface area contributed by atoms with Gasteiger partial charge in [-0.3, -0.25) is 19.1 Å². The van der Waals surface area contributed by atoms with Gasteiger partial charge in [0.1, 0.15) is 34.5 Å². The molecule has 2 aliphatic carbocycles. The number of carbonyl (C=O) groups excluding carboxylic acids is 3. The van der Waals surface area contributed by atoms with Crippen molar-refractivity contribution in [3.8, 4) is 11.1 Å². The van der Waals surface area contributed by atoms with Crippen molar-refractivity contribution in [2.24, 2.45) is 11.8 Å². The van der Waals surface area contributed by atoms with Gasteiger partial charge in [-0.25, -0.2) is 15.0 Å². The number of aryl methyl sites for hydroxylation is 1. The van der Waals surface area contributed by atoms with Gasteiger partial charge in [-0.05, 0) is 89.2 Å². The predicted octanol–water partition coefficient (Wildman–Crippen LogP) is 4.52. The van der Waals surface area contributed by atoms with Crippen molar-refractivity contribution < 1.29 is 14.4 Å². The molecule has 7 rings (SSSR count). The van der Waals surface area contributed by atoms with Crippen molar-refractivity contribution in [1.82, 2.24) is 29.6 Å². The van der Waals surface area contributed by atoms with Crippen LogP contribution in [0.2, 0.25) is 0 Å². The number of hydrogen-bond donors (Lipinski definition) is 1. The number of nitrogens with zero attached hydrogens (tertiary/aromatic N) is 6. The normalized spacial score (nSPS) is 21.1. The lowest BCUT2D eigenvalue weighted by Crippen LogP contribution is -2.47. The van der Waals surface area contributed by atoms with Crippen LogP contribution in [0.3, 0.4) is 0 Å². The number of ketones is 1. The van der Waals surface area contributed by atoms with E-state index in [2.05, 4.69) is 41.3 Å². The topological polar surface area (TPSA) is 123 Å². The zero-order chi connectivity index (χ0) is 28.4. The molecule has 1 saturated heterocycles. The van der Waals surface area contributed by atoms with Gasteiger partial charge in [-0.2, -0.15) is 5.10 Å². The summed E-state index contributed by atoms with van der Waals surface area (Å²) in [5.74, 6) is 1.56. The Labute approximate surface area is 244 Å². The highest BCUT2D eigenvalue weighted by atomic mass is 79.9. The summed E-state index contributed by atoms with van der Waals surface area (Å²) in [7, 11) is 0. The van der Waals surface area contributed by atoms with E-state index in [4.69, 9.17) is 0 Å². The Morgan fingerprint density at radius 1 is 1.07 bits per heavy atom. The summed E-state index contributed by atoms with van der Waals surface area (Å²) in [5.41, 5.74) is 3.70. The van der Waals surface area contributed by atoms with Crippen LogP contribution in [0.5, 0.6) is 0 Å². The van der Waals surface area contributed by atoms with Gasteiger partial charge < -0.3 is 10.2 Å². The third-order valence-corrected chi connectivity index (χ3v) is 8.81. The molecule has 3 aliphatic rings. The Bertz CT molecular complexity index is 1730. The zero-order valence-corrected chi connectivity index (χ0v) is 24.3. The molecule has 1 N–H and O–H groups in total. The summed E-state index contributed by atoms with van der Waals surface area (Å²) in [6.45, 7) is 3.76. The molecule has 10 nitrogen and oxygen atoms in total. The van der Waals surface area contributed by atoms with Gasteiger partial charge in [-0.1, -0.05) is 12.1 Å². The van der Waals surface area contributed by atoms with Crippen LogP contribution in [0, 0.1) is 18.8 Å². The molecule has 1 aromatic carbocycles. The minimum atomic E-state index is -0.553. The van der Waals surface area contributed by atoms with Gasteiger partial charge in [-0.15, -0.1) is 0 Å². The number of benzene rings is 1. The molecule has 0 radical (unpaired) electrons. The third-order valence-electron chi connectivity index (χ3n) is 8.37. The van der Waals surface area contributed by atoms with Gasteiger partial charge in [0.25, 0.3) is 0 Å². The Kier molecular flexibility index (Phi) is 6.22. The van der Waals surface area contributed by atoms with Crippen LogP contribution in [-0.2, 0) is 16.1 Å². The number of hydrogen-bond acceptors (Lipinski definition) is 7. The maximum absolute atomic E-state index is 13.7. The number of rotatable bonds is 7. The molecule has 3 unspecified atom stereocenters. The highest BCUT2D eigenvalue weighted by Gasteiger charge is 2.57. The van der Waals surface area contributed by atoms with Crippen molar-refractivity contribution in [3.05, 3.63) is 64.4 Å². The van der Waals surface area contributed by atoms with Gasteiger partial charge in [0, 0.05) is 36.8 Å².